The molecule has 7 nitrogen and oxygen atoms in total. The molecule has 27 heavy (non-hydrogen) atoms. The molecule has 0 bridgehead atoms. The molecule has 2 heterocycles. The first-order valence-electron chi connectivity index (χ1n) is 7.96. The van der Waals surface area contributed by atoms with Crippen LogP contribution in [-0.2, 0) is 20.6 Å². The maximum Gasteiger partial charge on any atom is 0.264 e. The molecule has 1 N–H and O–H groups in total. The Kier molecular flexibility index (Phi) is 4.63. The third-order valence-corrected chi connectivity index (χ3v) is 5.94. The monoisotopic (exact) mass is 402 g/mol. The van der Waals surface area contributed by atoms with Gasteiger partial charge < -0.3 is 9.47 Å². The average Bonchev–Trinajstić information content (AvgIpc) is 3.21. The van der Waals surface area contributed by atoms with Crippen LogP contribution in [0.15, 0.2) is 57.8 Å². The van der Waals surface area contributed by atoms with E-state index in [9.17, 15) is 13.2 Å². The molecule has 0 spiro atoms. The summed E-state index contributed by atoms with van der Waals surface area (Å²) >= 11 is 0.984. The highest BCUT2D eigenvalue weighted by Crippen LogP contribution is 2.34. The summed E-state index contributed by atoms with van der Waals surface area (Å²) in [5, 5.41) is 2.53. The van der Waals surface area contributed by atoms with Crippen molar-refractivity contribution < 1.29 is 22.7 Å². The van der Waals surface area contributed by atoms with Crippen molar-refractivity contribution in [3.8, 4) is 11.5 Å². The molecule has 1 amide bonds. The van der Waals surface area contributed by atoms with E-state index in [1.807, 2.05) is 6.07 Å². The van der Waals surface area contributed by atoms with Crippen LogP contribution in [0, 0.1) is 0 Å². The fraction of sp³-hybridized carbons (Fsp3) is 0.111. The lowest BCUT2D eigenvalue weighted by Gasteiger charge is -2.00. The van der Waals surface area contributed by atoms with Crippen molar-refractivity contribution in [1.29, 1.82) is 0 Å². The third-order valence-electron chi connectivity index (χ3n) is 3.76. The van der Waals surface area contributed by atoms with E-state index in [0.29, 0.717) is 22.0 Å². The Balaban J connectivity index is 1.52. The molecule has 0 aromatic heterocycles. The lowest BCUT2D eigenvalue weighted by atomic mass is 10.2. The number of fused-ring (bicyclic) bond motifs is 1. The zero-order valence-corrected chi connectivity index (χ0v) is 15.5. The minimum absolute atomic E-state index is 0.0444. The van der Waals surface area contributed by atoms with Crippen LogP contribution >= 0.6 is 11.8 Å². The van der Waals surface area contributed by atoms with Gasteiger partial charge in [-0.2, -0.15) is 0 Å². The minimum Gasteiger partial charge on any atom is -0.454 e. The van der Waals surface area contributed by atoms with Gasteiger partial charge in [-0.05, 0) is 41.1 Å². The first-order valence-corrected chi connectivity index (χ1v) is 10.4. The van der Waals surface area contributed by atoms with Gasteiger partial charge in [0.05, 0.1) is 10.7 Å². The molecule has 2 aromatic carbocycles. The normalized spacial score (nSPS) is 18.9. The predicted molar refractivity (Wildman–Crippen MR) is 103 cm³/mol. The Bertz CT molecular complexity index is 1060. The van der Waals surface area contributed by atoms with Crippen LogP contribution in [0.4, 0.5) is 0 Å². The van der Waals surface area contributed by atoms with E-state index in [0.717, 1.165) is 17.3 Å². The molecular formula is C18H14N2O5S2. The van der Waals surface area contributed by atoms with Gasteiger partial charge in [-0.3, -0.25) is 10.1 Å². The molecule has 138 valence electrons. The number of benzene rings is 2. The predicted octanol–water partition coefficient (Wildman–Crippen LogP) is 2.51. The largest absolute Gasteiger partial charge is 0.454 e. The van der Waals surface area contributed by atoms with E-state index in [-0.39, 0.29) is 17.7 Å². The third kappa shape index (κ3) is 4.15. The standard InChI is InChI=1S/C18H14N2O5S2/c21-17-16(9-13-6-7-14-15(8-13)25-11-24-14)26-18(19-17)20-27(22,23)10-12-4-2-1-3-5-12/h1-9H,10-11H2,(H,19,20,21). The molecule has 0 atom stereocenters. The molecule has 4 rings (SSSR count). The number of thioether (sulfide) groups is 1. The fourth-order valence-corrected chi connectivity index (χ4v) is 4.73. The second kappa shape index (κ2) is 7.09. The van der Waals surface area contributed by atoms with Crippen molar-refractivity contribution in [2.75, 3.05) is 6.79 Å². The minimum atomic E-state index is -3.76. The smallest absolute Gasteiger partial charge is 0.264 e. The molecule has 1 fully saturated rings. The lowest BCUT2D eigenvalue weighted by molar-refractivity contribution is -0.115. The van der Waals surface area contributed by atoms with Gasteiger partial charge in [0.15, 0.2) is 16.7 Å². The van der Waals surface area contributed by atoms with E-state index >= 15 is 0 Å². The summed E-state index contributed by atoms with van der Waals surface area (Å²) in [5.74, 6) is 0.628. The van der Waals surface area contributed by atoms with Crippen LogP contribution < -0.4 is 14.8 Å². The topological polar surface area (TPSA) is 94.1 Å². The Hall–Kier alpha value is -2.78. The van der Waals surface area contributed by atoms with Crippen LogP contribution in [0.5, 0.6) is 11.5 Å². The van der Waals surface area contributed by atoms with Gasteiger partial charge in [0.25, 0.3) is 15.9 Å². The van der Waals surface area contributed by atoms with Gasteiger partial charge in [-0.25, -0.2) is 8.42 Å². The Morgan fingerprint density at radius 3 is 2.70 bits per heavy atom. The number of hydrogen-bond acceptors (Lipinski definition) is 6. The van der Waals surface area contributed by atoms with E-state index in [2.05, 4.69) is 9.71 Å². The lowest BCUT2D eigenvalue weighted by Crippen LogP contribution is -2.21. The number of sulfonamides is 1. The van der Waals surface area contributed by atoms with Gasteiger partial charge in [0.1, 0.15) is 0 Å². The number of amidine groups is 1. The second-order valence-electron chi connectivity index (χ2n) is 5.79. The first kappa shape index (κ1) is 17.6. The Morgan fingerprint density at radius 2 is 1.89 bits per heavy atom. The van der Waals surface area contributed by atoms with E-state index in [4.69, 9.17) is 9.47 Å². The number of hydrogen-bond donors (Lipinski definition) is 1. The quantitative estimate of drug-likeness (QED) is 0.790. The highest BCUT2D eigenvalue weighted by atomic mass is 32.2. The van der Waals surface area contributed by atoms with Crippen molar-refractivity contribution in [1.82, 2.24) is 5.32 Å². The molecule has 1 saturated heterocycles. The van der Waals surface area contributed by atoms with E-state index < -0.39 is 15.9 Å². The molecule has 9 heteroatoms. The Labute approximate surface area is 160 Å². The number of amides is 1. The zero-order chi connectivity index (χ0) is 18.9. The second-order valence-corrected chi connectivity index (χ2v) is 8.45. The van der Waals surface area contributed by atoms with Crippen LogP contribution in [0.25, 0.3) is 6.08 Å². The zero-order valence-electron chi connectivity index (χ0n) is 13.9. The summed E-state index contributed by atoms with van der Waals surface area (Å²) in [7, 11) is -3.76. The van der Waals surface area contributed by atoms with Crippen LogP contribution in [0.2, 0.25) is 0 Å². The van der Waals surface area contributed by atoms with E-state index in [1.165, 1.54) is 0 Å². The summed E-state index contributed by atoms with van der Waals surface area (Å²) in [5.41, 5.74) is 1.37. The van der Waals surface area contributed by atoms with E-state index in [1.54, 1.807) is 48.5 Å². The summed E-state index contributed by atoms with van der Waals surface area (Å²) in [6.07, 6.45) is 1.65. The molecule has 2 aliphatic heterocycles. The number of rotatable bonds is 4. The molecule has 2 aromatic rings. The van der Waals surface area contributed by atoms with Crippen molar-refractivity contribution in [3.05, 3.63) is 64.6 Å². The van der Waals surface area contributed by atoms with Crippen molar-refractivity contribution in [2.45, 2.75) is 5.75 Å². The van der Waals surface area contributed by atoms with Crippen LogP contribution in [0.1, 0.15) is 11.1 Å². The number of carbonyl (C=O) groups excluding carboxylic acids is 1. The van der Waals surface area contributed by atoms with Crippen LogP contribution in [-0.4, -0.2) is 26.3 Å². The number of nitrogens with one attached hydrogen (secondary N) is 1. The highest BCUT2D eigenvalue weighted by molar-refractivity contribution is 8.19. The molecule has 0 aliphatic carbocycles. The van der Waals surface area contributed by atoms with Crippen LogP contribution in [0.3, 0.4) is 0 Å². The van der Waals surface area contributed by atoms with Gasteiger partial charge in [-0.15, -0.1) is 4.40 Å². The van der Waals surface area contributed by atoms with Crippen molar-refractivity contribution >= 4 is 38.9 Å². The van der Waals surface area contributed by atoms with Gasteiger partial charge in [-0.1, -0.05) is 36.4 Å². The average molecular weight is 402 g/mol. The van der Waals surface area contributed by atoms with Gasteiger partial charge >= 0.3 is 0 Å². The maximum absolute atomic E-state index is 12.3. The molecular weight excluding hydrogens is 388 g/mol. The van der Waals surface area contributed by atoms with Gasteiger partial charge in [0.2, 0.25) is 6.79 Å². The molecule has 0 unspecified atom stereocenters. The maximum atomic E-state index is 12.3. The molecule has 2 aliphatic rings. The number of carbonyl (C=O) groups is 1. The van der Waals surface area contributed by atoms with Crippen molar-refractivity contribution in [3.63, 3.8) is 0 Å². The summed E-state index contributed by atoms with van der Waals surface area (Å²) in [6, 6.07) is 14.0. The molecule has 0 saturated carbocycles. The Morgan fingerprint density at radius 1 is 1.11 bits per heavy atom. The highest BCUT2D eigenvalue weighted by Gasteiger charge is 2.26. The van der Waals surface area contributed by atoms with Crippen molar-refractivity contribution in [2.24, 2.45) is 4.40 Å². The number of ether oxygens (including phenoxy) is 2. The summed E-state index contributed by atoms with van der Waals surface area (Å²) in [6.45, 7) is 0.167. The fourth-order valence-electron chi connectivity index (χ4n) is 2.57. The summed E-state index contributed by atoms with van der Waals surface area (Å²) < 4.78 is 38.8. The number of nitrogens with zero attached hydrogens (tertiary/aromatic N) is 1. The SMILES string of the molecule is O=C1NC(=NS(=O)(=O)Cc2ccccc2)SC1=Cc1ccc2c(c1)OCO2. The molecule has 0 radical (unpaired) electrons. The first-order chi connectivity index (χ1) is 13.0. The summed E-state index contributed by atoms with van der Waals surface area (Å²) in [4.78, 5) is 12.5. The van der Waals surface area contributed by atoms with Gasteiger partial charge in [0, 0.05) is 0 Å².